The van der Waals surface area contributed by atoms with Crippen molar-refractivity contribution >= 4 is 0 Å². The fourth-order valence-corrected chi connectivity index (χ4v) is 2.91. The van der Waals surface area contributed by atoms with Crippen LogP contribution in [0.1, 0.15) is 39.5 Å². The Balaban J connectivity index is 1.73. The van der Waals surface area contributed by atoms with Gasteiger partial charge >= 0.3 is 0 Å². The van der Waals surface area contributed by atoms with E-state index in [9.17, 15) is 0 Å². The van der Waals surface area contributed by atoms with Crippen molar-refractivity contribution in [3.63, 3.8) is 0 Å². The molecular formula is C12H24N2. The van der Waals surface area contributed by atoms with Gasteiger partial charge in [-0.1, -0.05) is 20.3 Å². The van der Waals surface area contributed by atoms with Gasteiger partial charge in [-0.3, -0.25) is 0 Å². The number of likely N-dealkylation sites (tertiary alicyclic amines) is 1. The molecule has 2 heteroatoms. The summed E-state index contributed by atoms with van der Waals surface area (Å²) < 4.78 is 0. The van der Waals surface area contributed by atoms with Crippen molar-refractivity contribution in [3.05, 3.63) is 0 Å². The highest BCUT2D eigenvalue weighted by Crippen LogP contribution is 2.41. The van der Waals surface area contributed by atoms with Crippen LogP contribution in [0.25, 0.3) is 0 Å². The van der Waals surface area contributed by atoms with E-state index in [0.29, 0.717) is 5.41 Å². The summed E-state index contributed by atoms with van der Waals surface area (Å²) in [4.78, 5) is 2.66. The van der Waals surface area contributed by atoms with Gasteiger partial charge in [-0.05, 0) is 37.8 Å². The molecular weight excluding hydrogens is 172 g/mol. The summed E-state index contributed by atoms with van der Waals surface area (Å²) in [5, 5.41) is 3.55. The number of hydrogen-bond donors (Lipinski definition) is 1. The van der Waals surface area contributed by atoms with Crippen LogP contribution in [-0.4, -0.2) is 37.1 Å². The number of likely N-dealkylation sites (N-methyl/N-ethyl adjacent to an activating group) is 1. The van der Waals surface area contributed by atoms with Crippen molar-refractivity contribution in [2.24, 2.45) is 5.41 Å². The first-order valence-corrected chi connectivity index (χ1v) is 6.18. The molecule has 2 fully saturated rings. The quantitative estimate of drug-likeness (QED) is 0.738. The molecule has 0 aromatic rings. The zero-order valence-corrected chi connectivity index (χ0v) is 9.68. The molecule has 1 aliphatic carbocycles. The Morgan fingerprint density at radius 2 is 2.21 bits per heavy atom. The lowest BCUT2D eigenvalue weighted by Crippen LogP contribution is -2.40. The van der Waals surface area contributed by atoms with Gasteiger partial charge in [-0.2, -0.15) is 0 Å². The highest BCUT2D eigenvalue weighted by molar-refractivity contribution is 4.90. The van der Waals surface area contributed by atoms with E-state index in [1.54, 1.807) is 0 Å². The molecule has 2 rings (SSSR count). The van der Waals surface area contributed by atoms with Gasteiger partial charge in [0.15, 0.2) is 0 Å². The molecule has 0 aromatic heterocycles. The number of nitrogens with one attached hydrogen (secondary N) is 1. The first kappa shape index (κ1) is 10.4. The molecule has 1 atom stereocenters. The Morgan fingerprint density at radius 1 is 1.43 bits per heavy atom. The maximum absolute atomic E-state index is 3.55. The summed E-state index contributed by atoms with van der Waals surface area (Å²) in [5.41, 5.74) is 0.668. The zero-order chi connectivity index (χ0) is 10.0. The molecule has 1 saturated carbocycles. The summed E-state index contributed by atoms with van der Waals surface area (Å²) in [7, 11) is 0. The van der Waals surface area contributed by atoms with Crippen molar-refractivity contribution in [2.45, 2.75) is 45.6 Å². The third-order valence-corrected chi connectivity index (χ3v) is 3.93. The average Bonchev–Trinajstić information content (AvgIpc) is 2.51. The molecule has 0 spiro atoms. The molecule has 1 saturated heterocycles. The van der Waals surface area contributed by atoms with Gasteiger partial charge in [-0.15, -0.1) is 0 Å². The summed E-state index contributed by atoms with van der Waals surface area (Å²) in [6.45, 7) is 9.72. The van der Waals surface area contributed by atoms with Gasteiger partial charge in [0, 0.05) is 19.1 Å². The smallest absolute Gasteiger partial charge is 0.0207 e. The molecule has 2 nitrogen and oxygen atoms in total. The summed E-state index contributed by atoms with van der Waals surface area (Å²) in [6.07, 6.45) is 5.72. The highest BCUT2D eigenvalue weighted by atomic mass is 15.2. The maximum atomic E-state index is 3.55. The van der Waals surface area contributed by atoms with Crippen LogP contribution in [-0.2, 0) is 0 Å². The summed E-state index contributed by atoms with van der Waals surface area (Å²) in [5.74, 6) is 0. The summed E-state index contributed by atoms with van der Waals surface area (Å²) >= 11 is 0. The van der Waals surface area contributed by atoms with Crippen LogP contribution in [0.2, 0.25) is 0 Å². The van der Waals surface area contributed by atoms with Gasteiger partial charge in [0.25, 0.3) is 0 Å². The van der Waals surface area contributed by atoms with E-state index < -0.39 is 0 Å². The second-order valence-electron chi connectivity index (χ2n) is 5.44. The predicted octanol–water partition coefficient (Wildman–Crippen LogP) is 1.86. The third kappa shape index (κ3) is 2.29. The van der Waals surface area contributed by atoms with Crippen LogP contribution in [0.15, 0.2) is 0 Å². The Kier molecular flexibility index (Phi) is 3.13. The minimum Gasteiger partial charge on any atom is -0.313 e. The van der Waals surface area contributed by atoms with Crippen LogP contribution in [0, 0.1) is 5.41 Å². The van der Waals surface area contributed by atoms with Crippen LogP contribution < -0.4 is 5.32 Å². The highest BCUT2D eigenvalue weighted by Gasteiger charge is 2.35. The van der Waals surface area contributed by atoms with Crippen LogP contribution in [0.4, 0.5) is 0 Å². The molecule has 0 amide bonds. The first-order valence-electron chi connectivity index (χ1n) is 6.18. The minimum atomic E-state index is 0.668. The Morgan fingerprint density at radius 3 is 2.79 bits per heavy atom. The SMILES string of the molecule is CCNC1CCN(CC2(C)CCC2)C1. The van der Waals surface area contributed by atoms with Gasteiger partial charge in [0.1, 0.15) is 0 Å². The molecule has 1 aliphatic heterocycles. The third-order valence-electron chi connectivity index (χ3n) is 3.93. The second-order valence-corrected chi connectivity index (χ2v) is 5.44. The van der Waals surface area contributed by atoms with Crippen LogP contribution >= 0.6 is 0 Å². The Hall–Kier alpha value is -0.0800. The minimum absolute atomic E-state index is 0.668. The van der Waals surface area contributed by atoms with Crippen molar-refractivity contribution < 1.29 is 0 Å². The fraction of sp³-hybridized carbons (Fsp3) is 1.00. The van der Waals surface area contributed by atoms with Crippen molar-refractivity contribution in [3.8, 4) is 0 Å². The van der Waals surface area contributed by atoms with Crippen molar-refractivity contribution in [1.29, 1.82) is 0 Å². The Labute approximate surface area is 88.1 Å². The van der Waals surface area contributed by atoms with E-state index >= 15 is 0 Å². The molecule has 0 bridgehead atoms. The van der Waals surface area contributed by atoms with E-state index in [1.807, 2.05) is 0 Å². The second kappa shape index (κ2) is 4.19. The molecule has 1 unspecified atom stereocenters. The van der Waals surface area contributed by atoms with E-state index in [1.165, 1.54) is 45.3 Å². The largest absolute Gasteiger partial charge is 0.313 e. The topological polar surface area (TPSA) is 15.3 Å². The molecule has 0 aromatic carbocycles. The number of nitrogens with zero attached hydrogens (tertiary/aromatic N) is 1. The number of hydrogen-bond acceptors (Lipinski definition) is 2. The standard InChI is InChI=1S/C12H24N2/c1-3-13-11-5-8-14(9-11)10-12(2)6-4-7-12/h11,13H,3-10H2,1-2H3. The molecule has 0 radical (unpaired) electrons. The van der Waals surface area contributed by atoms with Crippen LogP contribution in [0.5, 0.6) is 0 Å². The van der Waals surface area contributed by atoms with Gasteiger partial charge in [0.2, 0.25) is 0 Å². The van der Waals surface area contributed by atoms with Crippen LogP contribution in [0.3, 0.4) is 0 Å². The lowest BCUT2D eigenvalue weighted by Gasteiger charge is -2.41. The monoisotopic (exact) mass is 196 g/mol. The molecule has 2 aliphatic rings. The van der Waals surface area contributed by atoms with Crippen molar-refractivity contribution in [2.75, 3.05) is 26.2 Å². The Bertz CT molecular complexity index is 187. The molecule has 82 valence electrons. The first-order chi connectivity index (χ1) is 6.72. The average molecular weight is 196 g/mol. The normalized spacial score (nSPS) is 31.7. The van der Waals surface area contributed by atoms with E-state index in [0.717, 1.165) is 12.6 Å². The van der Waals surface area contributed by atoms with E-state index in [4.69, 9.17) is 0 Å². The van der Waals surface area contributed by atoms with Gasteiger partial charge in [-0.25, -0.2) is 0 Å². The van der Waals surface area contributed by atoms with Crippen molar-refractivity contribution in [1.82, 2.24) is 10.2 Å². The number of rotatable bonds is 4. The molecule has 1 heterocycles. The molecule has 14 heavy (non-hydrogen) atoms. The van der Waals surface area contributed by atoms with E-state index in [2.05, 4.69) is 24.1 Å². The summed E-state index contributed by atoms with van der Waals surface area (Å²) in [6, 6.07) is 0.767. The predicted molar refractivity (Wildman–Crippen MR) is 60.5 cm³/mol. The van der Waals surface area contributed by atoms with Gasteiger partial charge < -0.3 is 10.2 Å². The maximum Gasteiger partial charge on any atom is 0.0207 e. The van der Waals surface area contributed by atoms with E-state index in [-0.39, 0.29) is 0 Å². The molecule has 1 N–H and O–H groups in total. The fourth-order valence-electron chi connectivity index (χ4n) is 2.91. The lowest BCUT2D eigenvalue weighted by molar-refractivity contribution is 0.0974. The lowest BCUT2D eigenvalue weighted by atomic mass is 9.70. The zero-order valence-electron chi connectivity index (χ0n) is 9.68. The van der Waals surface area contributed by atoms with Gasteiger partial charge in [0.05, 0.1) is 0 Å².